The summed E-state index contributed by atoms with van der Waals surface area (Å²) in [6, 6.07) is 10.4. The summed E-state index contributed by atoms with van der Waals surface area (Å²) in [5.41, 5.74) is 2.15. The quantitative estimate of drug-likeness (QED) is 0.711. The van der Waals surface area contributed by atoms with Crippen LogP contribution in [-0.2, 0) is 4.79 Å². The zero-order chi connectivity index (χ0) is 12.0. The number of hydrogen-bond donors (Lipinski definition) is 0. The van der Waals surface area contributed by atoms with Crippen LogP contribution in [0.1, 0.15) is 31.4 Å². The minimum Gasteiger partial charge on any atom is -0.331 e. The average molecular weight is 227 g/mol. The van der Waals surface area contributed by atoms with Crippen molar-refractivity contribution < 1.29 is 4.79 Å². The van der Waals surface area contributed by atoms with E-state index in [9.17, 15) is 4.79 Å². The smallest absolute Gasteiger partial charge is 0.233 e. The van der Waals surface area contributed by atoms with Crippen molar-refractivity contribution in [2.45, 2.75) is 25.8 Å². The first kappa shape index (κ1) is 10.6. The molecule has 3 rings (SSSR count). The van der Waals surface area contributed by atoms with Gasteiger partial charge >= 0.3 is 0 Å². The van der Waals surface area contributed by atoms with Gasteiger partial charge in [-0.1, -0.05) is 36.9 Å². The van der Waals surface area contributed by atoms with Gasteiger partial charge in [0.1, 0.15) is 0 Å². The van der Waals surface area contributed by atoms with E-state index in [2.05, 4.69) is 25.6 Å². The summed E-state index contributed by atoms with van der Waals surface area (Å²) >= 11 is 0. The third-order valence-corrected chi connectivity index (χ3v) is 4.21. The van der Waals surface area contributed by atoms with Crippen LogP contribution in [0.4, 0.5) is 0 Å². The molecule has 0 bridgehead atoms. The molecule has 2 heteroatoms. The van der Waals surface area contributed by atoms with Gasteiger partial charge in [-0.15, -0.1) is 0 Å². The number of rotatable bonds is 2. The van der Waals surface area contributed by atoms with Gasteiger partial charge in [0.2, 0.25) is 5.91 Å². The number of carbonyl (C=O) groups excluding carboxylic acids is 1. The summed E-state index contributed by atoms with van der Waals surface area (Å²) in [5.74, 6) is 0.291. The lowest BCUT2D eigenvalue weighted by atomic mass is 10.0. The second kappa shape index (κ2) is 3.46. The van der Waals surface area contributed by atoms with Crippen molar-refractivity contribution in [1.82, 2.24) is 4.90 Å². The first-order valence-electron chi connectivity index (χ1n) is 6.19. The summed E-state index contributed by atoms with van der Waals surface area (Å²) in [6.07, 6.45) is 2.01. The van der Waals surface area contributed by atoms with Crippen molar-refractivity contribution >= 4 is 5.91 Å². The third kappa shape index (κ3) is 1.43. The van der Waals surface area contributed by atoms with E-state index in [4.69, 9.17) is 0 Å². The molecule has 2 fully saturated rings. The minimum atomic E-state index is -0.164. The maximum atomic E-state index is 12.4. The highest BCUT2D eigenvalue weighted by Gasteiger charge is 2.58. The van der Waals surface area contributed by atoms with Crippen molar-refractivity contribution in [2.24, 2.45) is 5.41 Å². The molecule has 1 aliphatic carbocycles. The van der Waals surface area contributed by atoms with Gasteiger partial charge in [0.15, 0.2) is 0 Å². The lowest BCUT2D eigenvalue weighted by Crippen LogP contribution is -2.30. The van der Waals surface area contributed by atoms with Gasteiger partial charge in [0.25, 0.3) is 0 Å². The van der Waals surface area contributed by atoms with Crippen LogP contribution >= 0.6 is 0 Å². The predicted octanol–water partition coefficient (Wildman–Crippen LogP) is 2.93. The van der Waals surface area contributed by atoms with Gasteiger partial charge in [-0.3, -0.25) is 4.79 Å². The fourth-order valence-electron chi connectivity index (χ4n) is 2.77. The number of likely N-dealkylation sites (tertiary alicyclic amines) is 1. The molecule has 0 unspecified atom stereocenters. The number of carbonyl (C=O) groups is 1. The molecule has 1 spiro atoms. The van der Waals surface area contributed by atoms with Crippen LogP contribution in [-0.4, -0.2) is 17.4 Å². The Bertz CT molecular complexity index is 473. The van der Waals surface area contributed by atoms with E-state index in [0.29, 0.717) is 5.91 Å². The Labute approximate surface area is 102 Å². The normalized spacial score (nSPS) is 23.2. The topological polar surface area (TPSA) is 20.3 Å². The lowest BCUT2D eigenvalue weighted by molar-refractivity contribution is -0.133. The van der Waals surface area contributed by atoms with E-state index in [1.165, 1.54) is 5.56 Å². The molecule has 2 nitrogen and oxygen atoms in total. The Morgan fingerprint density at radius 3 is 2.47 bits per heavy atom. The summed E-state index contributed by atoms with van der Waals surface area (Å²) in [5, 5.41) is 0. The Kier molecular flexibility index (Phi) is 2.15. The number of benzene rings is 1. The molecule has 1 amide bonds. The third-order valence-electron chi connectivity index (χ3n) is 4.21. The first-order chi connectivity index (χ1) is 8.15. The van der Waals surface area contributed by atoms with Crippen LogP contribution < -0.4 is 0 Å². The highest BCUT2D eigenvalue weighted by Crippen LogP contribution is 2.57. The Morgan fingerprint density at radius 2 is 1.94 bits per heavy atom. The molecule has 0 N–H and O–H groups in total. The summed E-state index contributed by atoms with van der Waals surface area (Å²) in [7, 11) is 0. The lowest BCUT2D eigenvalue weighted by Gasteiger charge is -2.24. The van der Waals surface area contributed by atoms with Crippen LogP contribution in [0.5, 0.6) is 0 Å². The molecular formula is C15H17NO. The first-order valence-corrected chi connectivity index (χ1v) is 6.19. The van der Waals surface area contributed by atoms with Crippen molar-refractivity contribution in [1.29, 1.82) is 0 Å². The minimum absolute atomic E-state index is 0.153. The van der Waals surface area contributed by atoms with Gasteiger partial charge < -0.3 is 4.90 Å². The molecule has 1 saturated heterocycles. The van der Waals surface area contributed by atoms with E-state index in [1.54, 1.807) is 0 Å². The van der Waals surface area contributed by atoms with E-state index in [0.717, 1.165) is 25.0 Å². The Hall–Kier alpha value is -1.57. The zero-order valence-electron chi connectivity index (χ0n) is 10.1. The molecule has 0 radical (unpaired) electrons. The van der Waals surface area contributed by atoms with Crippen molar-refractivity contribution in [3.05, 3.63) is 48.0 Å². The standard InChI is InChI=1S/C15H17NO/c1-11-10-16(14(17)15(11)8-9-15)12(2)13-6-4-3-5-7-13/h3-7,12H,1,8-10H2,2H3/t12-/m0/s1. The van der Waals surface area contributed by atoms with Crippen molar-refractivity contribution in [3.63, 3.8) is 0 Å². The summed E-state index contributed by atoms with van der Waals surface area (Å²) in [6.45, 7) is 6.91. The van der Waals surface area contributed by atoms with Crippen LogP contribution in [0.3, 0.4) is 0 Å². The molecule has 1 aliphatic heterocycles. The molecule has 1 saturated carbocycles. The summed E-state index contributed by atoms with van der Waals surface area (Å²) < 4.78 is 0. The van der Waals surface area contributed by atoms with Gasteiger partial charge in [-0.25, -0.2) is 0 Å². The largest absolute Gasteiger partial charge is 0.331 e. The average Bonchev–Trinajstić information content (AvgIpc) is 3.12. The van der Waals surface area contributed by atoms with Gasteiger partial charge in [-0.05, 0) is 30.9 Å². The molecule has 88 valence electrons. The number of nitrogens with zero attached hydrogens (tertiary/aromatic N) is 1. The van der Waals surface area contributed by atoms with Gasteiger partial charge in [0, 0.05) is 6.54 Å². The van der Waals surface area contributed by atoms with Crippen LogP contribution in [0, 0.1) is 5.41 Å². The highest BCUT2D eigenvalue weighted by molar-refractivity contribution is 5.92. The Balaban J connectivity index is 1.87. The van der Waals surface area contributed by atoms with E-state index in [1.807, 2.05) is 23.1 Å². The molecule has 17 heavy (non-hydrogen) atoms. The van der Waals surface area contributed by atoms with Crippen LogP contribution in [0.2, 0.25) is 0 Å². The molecule has 1 heterocycles. The van der Waals surface area contributed by atoms with Crippen molar-refractivity contribution in [3.8, 4) is 0 Å². The monoisotopic (exact) mass is 227 g/mol. The van der Waals surface area contributed by atoms with E-state index < -0.39 is 0 Å². The second-order valence-electron chi connectivity index (χ2n) is 5.21. The molecule has 1 aromatic rings. The molecule has 2 aliphatic rings. The predicted molar refractivity (Wildman–Crippen MR) is 67.4 cm³/mol. The van der Waals surface area contributed by atoms with Crippen LogP contribution in [0.15, 0.2) is 42.5 Å². The molecule has 0 aromatic heterocycles. The maximum Gasteiger partial charge on any atom is 0.233 e. The van der Waals surface area contributed by atoms with E-state index in [-0.39, 0.29) is 11.5 Å². The fourth-order valence-corrected chi connectivity index (χ4v) is 2.77. The van der Waals surface area contributed by atoms with E-state index >= 15 is 0 Å². The SMILES string of the molecule is C=C1CN([C@@H](C)c2ccccc2)C(=O)C12CC2. The molecular weight excluding hydrogens is 210 g/mol. The number of hydrogen-bond acceptors (Lipinski definition) is 1. The van der Waals surface area contributed by atoms with Gasteiger partial charge in [-0.2, -0.15) is 0 Å². The fraction of sp³-hybridized carbons (Fsp3) is 0.400. The number of amides is 1. The highest BCUT2D eigenvalue weighted by atomic mass is 16.2. The van der Waals surface area contributed by atoms with Crippen molar-refractivity contribution in [2.75, 3.05) is 6.54 Å². The summed E-state index contributed by atoms with van der Waals surface area (Å²) in [4.78, 5) is 14.4. The Morgan fingerprint density at radius 1 is 1.29 bits per heavy atom. The molecule has 1 aromatic carbocycles. The van der Waals surface area contributed by atoms with Gasteiger partial charge in [0.05, 0.1) is 11.5 Å². The zero-order valence-corrected chi connectivity index (χ0v) is 10.1. The maximum absolute atomic E-state index is 12.4. The molecule has 1 atom stereocenters. The van der Waals surface area contributed by atoms with Crippen LogP contribution in [0.25, 0.3) is 0 Å². The second-order valence-corrected chi connectivity index (χ2v) is 5.21.